The summed E-state index contributed by atoms with van der Waals surface area (Å²) in [7, 11) is 0. The maximum absolute atomic E-state index is 13.3. The fraction of sp³-hybridized carbons (Fsp3) is 0.0385. The normalized spacial score (nSPS) is 10.9. The summed E-state index contributed by atoms with van der Waals surface area (Å²) in [4.78, 5) is 26.5. The Bertz CT molecular complexity index is 1440. The smallest absolute Gasteiger partial charge is 0.282 e. The first-order valence-corrected chi connectivity index (χ1v) is 10.8. The molecule has 0 spiro atoms. The summed E-state index contributed by atoms with van der Waals surface area (Å²) in [6.45, 7) is 0.508. The van der Waals surface area contributed by atoms with Crippen LogP contribution in [0.4, 0.5) is 5.69 Å². The maximum atomic E-state index is 13.3. The van der Waals surface area contributed by atoms with Crippen molar-refractivity contribution in [1.29, 1.82) is 0 Å². The van der Waals surface area contributed by atoms with Gasteiger partial charge in [0.25, 0.3) is 11.5 Å². The van der Waals surface area contributed by atoms with Crippen molar-refractivity contribution in [2.45, 2.75) is 6.54 Å². The van der Waals surface area contributed by atoms with Crippen LogP contribution in [0.2, 0.25) is 5.02 Å². The van der Waals surface area contributed by atoms with E-state index in [2.05, 4.69) is 10.4 Å². The summed E-state index contributed by atoms with van der Waals surface area (Å²) >= 11 is 5.96. The number of para-hydroxylation sites is 1. The Balaban J connectivity index is 1.62. The summed E-state index contributed by atoms with van der Waals surface area (Å²) in [5, 5.41) is 7.97. The first-order valence-electron chi connectivity index (χ1n) is 10.4. The van der Waals surface area contributed by atoms with E-state index in [0.717, 1.165) is 5.56 Å². The van der Waals surface area contributed by atoms with E-state index in [0.29, 0.717) is 39.8 Å². The standard InChI is InChI=1S/C26H19ClN4O2/c27-19-11-13-20(14-12-19)28-25(32)22-16-30(15-18-7-3-1-4-8-18)17-23-24(22)29-31(26(23)33)21-9-5-2-6-10-21/h1-14,16-17H,15H2,(H,28,32). The third-order valence-electron chi connectivity index (χ3n) is 5.28. The maximum Gasteiger partial charge on any atom is 0.282 e. The van der Waals surface area contributed by atoms with Crippen LogP contribution in [-0.2, 0) is 6.54 Å². The van der Waals surface area contributed by atoms with Crippen molar-refractivity contribution in [3.63, 3.8) is 0 Å². The quantitative estimate of drug-likeness (QED) is 0.402. The fourth-order valence-electron chi connectivity index (χ4n) is 3.69. The molecule has 1 N–H and O–H groups in total. The van der Waals surface area contributed by atoms with E-state index in [1.807, 2.05) is 53.1 Å². The Kier molecular flexibility index (Phi) is 5.50. The van der Waals surface area contributed by atoms with Gasteiger partial charge < -0.3 is 9.88 Å². The van der Waals surface area contributed by atoms with Crippen molar-refractivity contribution in [3.05, 3.63) is 124 Å². The van der Waals surface area contributed by atoms with Crippen LogP contribution >= 0.6 is 11.6 Å². The molecule has 0 saturated heterocycles. The van der Waals surface area contributed by atoms with Gasteiger partial charge in [0.05, 0.1) is 16.8 Å². The first kappa shape index (κ1) is 20.7. The fourth-order valence-corrected chi connectivity index (χ4v) is 3.81. The number of carbonyl (C=O) groups is 1. The number of aromatic nitrogens is 3. The molecule has 6 nitrogen and oxygen atoms in total. The van der Waals surface area contributed by atoms with E-state index in [4.69, 9.17) is 11.6 Å². The highest BCUT2D eigenvalue weighted by Gasteiger charge is 2.24. The molecular weight excluding hydrogens is 436 g/mol. The Morgan fingerprint density at radius 2 is 1.55 bits per heavy atom. The predicted molar refractivity (Wildman–Crippen MR) is 129 cm³/mol. The molecule has 0 radical (unpaired) electrons. The molecule has 0 saturated carbocycles. The number of fused-ring (bicyclic) bond motifs is 1. The number of hydrogen-bond acceptors (Lipinski definition) is 3. The van der Waals surface area contributed by atoms with E-state index >= 15 is 0 Å². The zero-order valence-electron chi connectivity index (χ0n) is 17.5. The lowest BCUT2D eigenvalue weighted by molar-refractivity contribution is 0.102. The van der Waals surface area contributed by atoms with Gasteiger partial charge in [-0.1, -0.05) is 60.1 Å². The monoisotopic (exact) mass is 454 g/mol. The van der Waals surface area contributed by atoms with Crippen LogP contribution in [0.25, 0.3) is 16.9 Å². The topological polar surface area (TPSA) is 68.9 Å². The lowest BCUT2D eigenvalue weighted by Crippen LogP contribution is -2.18. The molecule has 0 aliphatic carbocycles. The minimum atomic E-state index is -0.359. The van der Waals surface area contributed by atoms with Gasteiger partial charge in [-0.3, -0.25) is 9.59 Å². The van der Waals surface area contributed by atoms with Crippen molar-refractivity contribution in [3.8, 4) is 16.9 Å². The van der Waals surface area contributed by atoms with Crippen LogP contribution in [0, 0.1) is 0 Å². The predicted octanol–water partition coefficient (Wildman–Crippen LogP) is 5.09. The second-order valence-corrected chi connectivity index (χ2v) is 8.04. The number of nitrogens with zero attached hydrogens (tertiary/aromatic N) is 3. The number of halogens is 1. The number of hydrogen-bond donors (Lipinski definition) is 1. The van der Waals surface area contributed by atoms with Crippen molar-refractivity contribution in [2.24, 2.45) is 0 Å². The Morgan fingerprint density at radius 3 is 2.24 bits per heavy atom. The van der Waals surface area contributed by atoms with E-state index in [1.54, 1.807) is 48.8 Å². The number of rotatable bonds is 5. The number of anilines is 1. The molecule has 5 rings (SSSR count). The van der Waals surface area contributed by atoms with Gasteiger partial charge in [-0.2, -0.15) is 9.78 Å². The number of carbonyl (C=O) groups excluding carboxylic acids is 1. The van der Waals surface area contributed by atoms with Gasteiger partial charge in [-0.15, -0.1) is 0 Å². The number of pyridine rings is 1. The number of amides is 1. The molecule has 162 valence electrons. The second kappa shape index (κ2) is 8.76. The third-order valence-corrected chi connectivity index (χ3v) is 5.53. The molecule has 7 heteroatoms. The van der Waals surface area contributed by atoms with Crippen molar-refractivity contribution < 1.29 is 4.79 Å². The van der Waals surface area contributed by atoms with E-state index in [1.165, 1.54) is 4.68 Å². The van der Waals surface area contributed by atoms with Crippen LogP contribution in [-0.4, -0.2) is 20.3 Å². The Hall–Kier alpha value is -4.16. The van der Waals surface area contributed by atoms with E-state index in [9.17, 15) is 9.59 Å². The summed E-state index contributed by atoms with van der Waals surface area (Å²) in [6, 6.07) is 25.8. The SMILES string of the molecule is O=C(Nc1ccc(Cl)cc1)c1cn(Cc2ccccc2)cc2c(=O)n(-c3ccccc3)nc1-2. The van der Waals surface area contributed by atoms with Gasteiger partial charge in [-0.25, -0.2) is 0 Å². The van der Waals surface area contributed by atoms with Gasteiger partial charge in [0.15, 0.2) is 0 Å². The molecule has 0 aromatic heterocycles. The zero-order valence-corrected chi connectivity index (χ0v) is 18.2. The molecule has 1 amide bonds. The van der Waals surface area contributed by atoms with E-state index in [-0.39, 0.29) is 11.5 Å². The second-order valence-electron chi connectivity index (χ2n) is 7.61. The van der Waals surface area contributed by atoms with Crippen LogP contribution in [0.1, 0.15) is 15.9 Å². The molecular formula is C26H19ClN4O2. The van der Waals surface area contributed by atoms with Gasteiger partial charge >= 0.3 is 0 Å². The zero-order chi connectivity index (χ0) is 22.8. The average Bonchev–Trinajstić information content (AvgIpc) is 3.17. The van der Waals surface area contributed by atoms with Crippen molar-refractivity contribution in [2.75, 3.05) is 5.32 Å². The minimum absolute atomic E-state index is 0.279. The van der Waals surface area contributed by atoms with Crippen molar-refractivity contribution >= 4 is 23.2 Å². The molecule has 0 unspecified atom stereocenters. The molecule has 2 aliphatic rings. The van der Waals surface area contributed by atoms with Crippen LogP contribution in [0.15, 0.2) is 102 Å². The van der Waals surface area contributed by atoms with Crippen LogP contribution in [0.5, 0.6) is 0 Å². The highest BCUT2D eigenvalue weighted by molar-refractivity contribution is 6.30. The number of benzene rings is 3. The molecule has 0 bridgehead atoms. The minimum Gasteiger partial charge on any atom is -0.348 e. The molecule has 3 aromatic rings. The average molecular weight is 455 g/mol. The molecule has 33 heavy (non-hydrogen) atoms. The van der Waals surface area contributed by atoms with Crippen molar-refractivity contribution in [1.82, 2.24) is 14.3 Å². The largest absolute Gasteiger partial charge is 0.348 e. The Labute approximate surface area is 195 Å². The lowest BCUT2D eigenvalue weighted by atomic mass is 10.1. The summed E-state index contributed by atoms with van der Waals surface area (Å²) in [5.74, 6) is -0.359. The van der Waals surface area contributed by atoms with Gasteiger partial charge in [0.2, 0.25) is 0 Å². The van der Waals surface area contributed by atoms with Crippen LogP contribution in [0.3, 0.4) is 0 Å². The summed E-state index contributed by atoms with van der Waals surface area (Å²) < 4.78 is 3.17. The van der Waals surface area contributed by atoms with Gasteiger partial charge in [-0.05, 0) is 42.0 Å². The molecule has 0 fully saturated rings. The highest BCUT2D eigenvalue weighted by Crippen LogP contribution is 2.24. The molecule has 2 heterocycles. The molecule has 3 aromatic carbocycles. The lowest BCUT2D eigenvalue weighted by Gasteiger charge is -2.13. The summed E-state index contributed by atoms with van der Waals surface area (Å²) in [5.41, 5.74) is 3.04. The third kappa shape index (κ3) is 4.29. The molecule has 0 atom stereocenters. The van der Waals surface area contributed by atoms with Gasteiger partial charge in [0, 0.05) is 29.6 Å². The Morgan fingerprint density at radius 1 is 0.879 bits per heavy atom. The first-order chi connectivity index (χ1) is 16.1. The van der Waals surface area contributed by atoms with Gasteiger partial charge in [0.1, 0.15) is 5.69 Å². The van der Waals surface area contributed by atoms with E-state index < -0.39 is 0 Å². The number of nitrogens with one attached hydrogen (secondary N) is 1. The molecule has 2 aliphatic heterocycles. The van der Waals surface area contributed by atoms with Crippen LogP contribution < -0.4 is 10.9 Å². The highest BCUT2D eigenvalue weighted by atomic mass is 35.5. The summed E-state index contributed by atoms with van der Waals surface area (Å²) in [6.07, 6.45) is 3.47.